The Morgan fingerprint density at radius 3 is 2.56 bits per heavy atom. The predicted molar refractivity (Wildman–Crippen MR) is 135 cm³/mol. The SMILES string of the molecule is CC1=NN(c2ccc(C)cc2)C(=O)[C@]12Cc1ccc(Cl)cc1N1CCN(c3ncccn3)C[C@H]12. The minimum Gasteiger partial charge on any atom is -0.363 e. The van der Waals surface area contributed by atoms with Gasteiger partial charge in [-0.1, -0.05) is 35.4 Å². The normalized spacial score (nSPS) is 23.7. The number of aromatic nitrogens is 2. The van der Waals surface area contributed by atoms with Crippen LogP contribution in [0.3, 0.4) is 0 Å². The summed E-state index contributed by atoms with van der Waals surface area (Å²) in [5.74, 6) is 0.699. The third-order valence-corrected chi connectivity index (χ3v) is 7.59. The first-order valence-electron chi connectivity index (χ1n) is 11.5. The summed E-state index contributed by atoms with van der Waals surface area (Å²) in [6, 6.07) is 15.6. The molecule has 0 aliphatic carbocycles. The van der Waals surface area contributed by atoms with Gasteiger partial charge in [0, 0.05) is 42.7 Å². The molecule has 4 heterocycles. The molecule has 34 heavy (non-hydrogen) atoms. The molecule has 0 N–H and O–H groups in total. The Morgan fingerprint density at radius 1 is 1.03 bits per heavy atom. The molecule has 7 nitrogen and oxygen atoms in total. The summed E-state index contributed by atoms with van der Waals surface area (Å²) in [6.45, 7) is 6.14. The Bertz CT molecular complexity index is 1290. The lowest BCUT2D eigenvalue weighted by atomic mass is 9.67. The maximum atomic E-state index is 14.3. The highest BCUT2D eigenvalue weighted by Crippen LogP contribution is 2.48. The standard InChI is InChI=1S/C26H25ClN6O/c1-17-4-8-21(9-5-17)33-24(34)26(18(2)30-33)15-19-6-7-20(27)14-22(19)32-13-12-31(16-23(26)32)25-28-10-3-11-29-25/h3-11,14,23H,12-13,15-16H2,1-2H3/t23-,26+/m0/s1. The van der Waals surface area contributed by atoms with Crippen LogP contribution in [0.1, 0.15) is 18.1 Å². The Hall–Kier alpha value is -3.45. The molecule has 0 saturated carbocycles. The predicted octanol–water partition coefficient (Wildman–Crippen LogP) is 4.10. The van der Waals surface area contributed by atoms with Crippen molar-refractivity contribution >= 4 is 40.5 Å². The second-order valence-electron chi connectivity index (χ2n) is 9.26. The molecule has 6 rings (SSSR count). The van der Waals surface area contributed by atoms with Gasteiger partial charge in [-0.15, -0.1) is 0 Å². The number of benzene rings is 2. The minimum atomic E-state index is -0.779. The molecule has 3 aliphatic rings. The molecule has 8 heteroatoms. The van der Waals surface area contributed by atoms with E-state index in [0.29, 0.717) is 23.9 Å². The molecule has 3 aliphatic heterocycles. The lowest BCUT2D eigenvalue weighted by Gasteiger charge is -2.53. The van der Waals surface area contributed by atoms with E-state index in [2.05, 4.69) is 25.8 Å². The molecule has 1 amide bonds. The monoisotopic (exact) mass is 472 g/mol. The summed E-state index contributed by atoms with van der Waals surface area (Å²) in [4.78, 5) is 27.7. The number of aryl methyl sites for hydroxylation is 1. The first-order valence-corrected chi connectivity index (χ1v) is 11.9. The van der Waals surface area contributed by atoms with E-state index in [0.717, 1.165) is 41.3 Å². The molecule has 0 unspecified atom stereocenters. The van der Waals surface area contributed by atoms with E-state index in [-0.39, 0.29) is 11.9 Å². The number of hydrogen-bond donors (Lipinski definition) is 0. The van der Waals surface area contributed by atoms with Crippen LogP contribution in [0.15, 0.2) is 66.0 Å². The van der Waals surface area contributed by atoms with E-state index in [1.165, 1.54) is 0 Å². The van der Waals surface area contributed by atoms with Gasteiger partial charge in [-0.25, -0.2) is 9.97 Å². The maximum absolute atomic E-state index is 14.3. The number of carbonyl (C=O) groups excluding carboxylic acids is 1. The molecule has 0 radical (unpaired) electrons. The van der Waals surface area contributed by atoms with Crippen molar-refractivity contribution in [1.82, 2.24) is 9.97 Å². The van der Waals surface area contributed by atoms with Gasteiger partial charge in [-0.2, -0.15) is 10.1 Å². The molecule has 2 aromatic carbocycles. The zero-order chi connectivity index (χ0) is 23.4. The minimum absolute atomic E-state index is 0.0142. The van der Waals surface area contributed by atoms with Crippen molar-refractivity contribution in [3.05, 3.63) is 77.1 Å². The summed E-state index contributed by atoms with van der Waals surface area (Å²) in [5, 5.41) is 7.11. The van der Waals surface area contributed by atoms with Gasteiger partial charge in [-0.3, -0.25) is 4.79 Å². The van der Waals surface area contributed by atoms with Crippen molar-refractivity contribution in [2.24, 2.45) is 10.5 Å². The molecule has 1 aromatic heterocycles. The van der Waals surface area contributed by atoms with E-state index < -0.39 is 5.41 Å². The van der Waals surface area contributed by atoms with E-state index in [1.54, 1.807) is 17.4 Å². The van der Waals surface area contributed by atoms with Crippen LogP contribution in [0.25, 0.3) is 0 Å². The van der Waals surface area contributed by atoms with Crippen LogP contribution in [-0.4, -0.2) is 47.3 Å². The van der Waals surface area contributed by atoms with E-state index in [1.807, 2.05) is 56.3 Å². The molecule has 0 bridgehead atoms. The topological polar surface area (TPSA) is 64.9 Å². The number of carbonyl (C=O) groups is 1. The van der Waals surface area contributed by atoms with Gasteiger partial charge in [0.2, 0.25) is 5.95 Å². The Balaban J connectivity index is 1.46. The van der Waals surface area contributed by atoms with Gasteiger partial charge in [0.1, 0.15) is 5.41 Å². The van der Waals surface area contributed by atoms with Gasteiger partial charge in [0.15, 0.2) is 0 Å². The van der Waals surface area contributed by atoms with Crippen LogP contribution in [-0.2, 0) is 11.2 Å². The molecule has 1 fully saturated rings. The summed E-state index contributed by atoms with van der Waals surface area (Å²) in [7, 11) is 0. The third kappa shape index (κ3) is 3.10. The smallest absolute Gasteiger partial charge is 0.261 e. The van der Waals surface area contributed by atoms with Crippen LogP contribution in [0.5, 0.6) is 0 Å². The fourth-order valence-electron chi connectivity index (χ4n) is 5.58. The number of amides is 1. The van der Waals surface area contributed by atoms with E-state index in [9.17, 15) is 4.79 Å². The third-order valence-electron chi connectivity index (χ3n) is 7.36. The lowest BCUT2D eigenvalue weighted by Crippen LogP contribution is -2.67. The second kappa shape index (κ2) is 7.81. The number of fused-ring (bicyclic) bond motifs is 4. The van der Waals surface area contributed by atoms with Gasteiger partial charge in [-0.05, 0) is 56.2 Å². The highest BCUT2D eigenvalue weighted by molar-refractivity contribution is 6.31. The van der Waals surface area contributed by atoms with Gasteiger partial charge in [0.05, 0.1) is 17.4 Å². The summed E-state index contributed by atoms with van der Waals surface area (Å²) in [5.41, 5.74) is 4.22. The van der Waals surface area contributed by atoms with Crippen molar-refractivity contribution in [2.45, 2.75) is 26.3 Å². The van der Waals surface area contributed by atoms with Gasteiger partial charge < -0.3 is 9.80 Å². The Kier molecular flexibility index (Phi) is 4.85. The molecular formula is C26H25ClN6O. The van der Waals surface area contributed by atoms with Gasteiger partial charge in [0.25, 0.3) is 5.91 Å². The Morgan fingerprint density at radius 2 is 1.79 bits per heavy atom. The largest absolute Gasteiger partial charge is 0.363 e. The summed E-state index contributed by atoms with van der Waals surface area (Å²) >= 11 is 6.40. The Labute approximate surface area is 203 Å². The summed E-state index contributed by atoms with van der Waals surface area (Å²) in [6.07, 6.45) is 4.10. The molecule has 1 saturated heterocycles. The zero-order valence-corrected chi connectivity index (χ0v) is 19.9. The molecule has 2 atom stereocenters. The highest BCUT2D eigenvalue weighted by atomic mass is 35.5. The second-order valence-corrected chi connectivity index (χ2v) is 9.70. The molecule has 1 spiro atoms. The lowest BCUT2D eigenvalue weighted by molar-refractivity contribution is -0.125. The average Bonchev–Trinajstić information content (AvgIpc) is 3.11. The van der Waals surface area contributed by atoms with E-state index in [4.69, 9.17) is 16.7 Å². The number of hydrazone groups is 1. The van der Waals surface area contributed by atoms with Gasteiger partial charge >= 0.3 is 0 Å². The van der Waals surface area contributed by atoms with Crippen LogP contribution in [0.2, 0.25) is 5.02 Å². The molecular weight excluding hydrogens is 448 g/mol. The van der Waals surface area contributed by atoms with E-state index >= 15 is 0 Å². The van der Waals surface area contributed by atoms with Crippen molar-refractivity contribution in [2.75, 3.05) is 34.4 Å². The number of anilines is 3. The number of rotatable bonds is 2. The van der Waals surface area contributed by atoms with Crippen LogP contribution < -0.4 is 14.8 Å². The number of hydrogen-bond acceptors (Lipinski definition) is 6. The fraction of sp³-hybridized carbons (Fsp3) is 0.308. The quantitative estimate of drug-likeness (QED) is 0.562. The number of piperazine rings is 1. The van der Waals surface area contributed by atoms with Crippen molar-refractivity contribution < 1.29 is 4.79 Å². The van der Waals surface area contributed by atoms with Crippen LogP contribution >= 0.6 is 11.6 Å². The molecule has 172 valence electrons. The van der Waals surface area contributed by atoms with Crippen LogP contribution in [0, 0.1) is 12.3 Å². The number of nitrogens with zero attached hydrogens (tertiary/aromatic N) is 6. The van der Waals surface area contributed by atoms with Crippen molar-refractivity contribution in [3.63, 3.8) is 0 Å². The van der Waals surface area contributed by atoms with Crippen LogP contribution in [0.4, 0.5) is 17.3 Å². The zero-order valence-electron chi connectivity index (χ0n) is 19.1. The first-order chi connectivity index (χ1) is 16.5. The number of halogens is 1. The molecule has 3 aromatic rings. The summed E-state index contributed by atoms with van der Waals surface area (Å²) < 4.78 is 0. The average molecular weight is 473 g/mol. The maximum Gasteiger partial charge on any atom is 0.261 e. The van der Waals surface area contributed by atoms with Crippen molar-refractivity contribution in [3.8, 4) is 0 Å². The fourth-order valence-corrected chi connectivity index (χ4v) is 5.74. The highest BCUT2D eigenvalue weighted by Gasteiger charge is 2.60. The van der Waals surface area contributed by atoms with Crippen molar-refractivity contribution in [1.29, 1.82) is 0 Å². The first kappa shape index (κ1) is 21.1.